The van der Waals surface area contributed by atoms with E-state index in [9.17, 15) is 61.0 Å². The molecule has 0 spiro atoms. The molecule has 0 aliphatic carbocycles. The lowest BCUT2D eigenvalue weighted by Gasteiger charge is -2.48. The summed E-state index contributed by atoms with van der Waals surface area (Å²) in [6, 6.07) is -1.00. The van der Waals surface area contributed by atoms with Crippen molar-refractivity contribution < 1.29 is 89.4 Å². The Morgan fingerprint density at radius 1 is 0.402 bits per heavy atom. The molecule has 0 aromatic heterocycles. The molecule has 3 saturated heterocycles. The van der Waals surface area contributed by atoms with Crippen LogP contribution in [-0.4, -0.2) is 193 Å². The Labute approximate surface area is 523 Å². The molecule has 0 bridgehead atoms. The molecular weight excluding hydrogens is 1120 g/mol. The molecular formula is C68H123NO18. The van der Waals surface area contributed by atoms with Gasteiger partial charge in [0.25, 0.3) is 0 Å². The first-order valence-electron chi connectivity index (χ1n) is 34.4. The summed E-state index contributed by atoms with van der Waals surface area (Å²) >= 11 is 0. The van der Waals surface area contributed by atoms with Gasteiger partial charge in [0.05, 0.1) is 38.6 Å². The van der Waals surface area contributed by atoms with E-state index in [-0.39, 0.29) is 18.9 Å². The van der Waals surface area contributed by atoms with E-state index in [4.69, 9.17) is 28.4 Å². The molecule has 19 nitrogen and oxygen atoms in total. The van der Waals surface area contributed by atoms with Crippen LogP contribution >= 0.6 is 0 Å². The van der Waals surface area contributed by atoms with Gasteiger partial charge in [-0.1, -0.05) is 217 Å². The normalized spacial score (nSPS) is 28.9. The number of aliphatic hydroxyl groups is 11. The number of carbonyl (C=O) groups is 1. The quantitative estimate of drug-likeness (QED) is 0.0200. The van der Waals surface area contributed by atoms with Crippen molar-refractivity contribution in [3.05, 3.63) is 48.6 Å². The Morgan fingerprint density at radius 2 is 0.736 bits per heavy atom. The fourth-order valence-corrected chi connectivity index (χ4v) is 11.5. The second-order valence-corrected chi connectivity index (χ2v) is 24.6. The van der Waals surface area contributed by atoms with Crippen molar-refractivity contribution in [2.45, 2.75) is 349 Å². The molecule has 12 N–H and O–H groups in total. The first-order valence-corrected chi connectivity index (χ1v) is 34.4. The molecule has 508 valence electrons. The molecule has 0 saturated carbocycles. The summed E-state index contributed by atoms with van der Waals surface area (Å²) < 4.78 is 34.3. The number of hydrogen-bond donors (Lipinski definition) is 12. The zero-order valence-corrected chi connectivity index (χ0v) is 53.5. The average Bonchev–Trinajstić information content (AvgIpc) is 2.79. The molecule has 17 atom stereocenters. The second kappa shape index (κ2) is 50.3. The van der Waals surface area contributed by atoms with E-state index < -0.39 is 124 Å². The number of hydrogen-bond acceptors (Lipinski definition) is 18. The molecule has 87 heavy (non-hydrogen) atoms. The Bertz CT molecular complexity index is 1770. The van der Waals surface area contributed by atoms with Gasteiger partial charge >= 0.3 is 0 Å². The topological polar surface area (TPSA) is 307 Å². The van der Waals surface area contributed by atoms with Gasteiger partial charge in [0, 0.05) is 6.42 Å². The fraction of sp³-hybridized carbons (Fsp3) is 0.868. The molecule has 17 unspecified atom stereocenters. The summed E-state index contributed by atoms with van der Waals surface area (Å²) in [6.45, 7) is 1.68. The average molecular weight is 1240 g/mol. The van der Waals surface area contributed by atoms with Gasteiger partial charge in [-0.05, 0) is 70.6 Å². The molecule has 0 aromatic rings. The monoisotopic (exact) mass is 1240 g/mol. The maximum atomic E-state index is 13.3. The highest BCUT2D eigenvalue weighted by Gasteiger charge is 2.53. The van der Waals surface area contributed by atoms with Gasteiger partial charge in [0.2, 0.25) is 5.91 Å². The van der Waals surface area contributed by atoms with Crippen LogP contribution in [0.15, 0.2) is 48.6 Å². The summed E-state index contributed by atoms with van der Waals surface area (Å²) in [4.78, 5) is 13.3. The van der Waals surface area contributed by atoms with Crippen LogP contribution in [0.25, 0.3) is 0 Å². The summed E-state index contributed by atoms with van der Waals surface area (Å²) in [6.07, 6.45) is 32.6. The van der Waals surface area contributed by atoms with Gasteiger partial charge in [-0.3, -0.25) is 4.79 Å². The van der Waals surface area contributed by atoms with Crippen molar-refractivity contribution in [3.63, 3.8) is 0 Å². The predicted octanol–water partition coefficient (Wildman–Crippen LogP) is 8.61. The van der Waals surface area contributed by atoms with E-state index >= 15 is 0 Å². The minimum Gasteiger partial charge on any atom is -0.394 e. The third-order valence-electron chi connectivity index (χ3n) is 17.1. The molecule has 0 aromatic carbocycles. The number of aliphatic hydroxyl groups excluding tert-OH is 11. The van der Waals surface area contributed by atoms with E-state index in [1.165, 1.54) is 148 Å². The molecule has 3 aliphatic heterocycles. The molecule has 3 heterocycles. The molecule has 3 fully saturated rings. The van der Waals surface area contributed by atoms with E-state index in [0.29, 0.717) is 12.8 Å². The Hall–Kier alpha value is -2.25. The van der Waals surface area contributed by atoms with Crippen molar-refractivity contribution >= 4 is 5.91 Å². The number of carbonyl (C=O) groups excluding carboxylic acids is 1. The van der Waals surface area contributed by atoms with E-state index in [1.807, 2.05) is 6.08 Å². The highest BCUT2D eigenvalue weighted by atomic mass is 16.8. The number of ether oxygens (including phenoxy) is 6. The summed E-state index contributed by atoms with van der Waals surface area (Å²) in [5.41, 5.74) is 0. The van der Waals surface area contributed by atoms with Gasteiger partial charge in [-0.2, -0.15) is 0 Å². The van der Waals surface area contributed by atoms with Crippen LogP contribution < -0.4 is 5.32 Å². The summed E-state index contributed by atoms with van der Waals surface area (Å²) in [5, 5.41) is 120. The highest BCUT2D eigenvalue weighted by Crippen LogP contribution is 2.33. The number of nitrogens with one attached hydrogen (secondary N) is 1. The molecule has 19 heteroatoms. The van der Waals surface area contributed by atoms with Gasteiger partial charge < -0.3 is 89.9 Å². The first-order chi connectivity index (χ1) is 42.3. The molecule has 0 radical (unpaired) electrons. The third kappa shape index (κ3) is 32.7. The zero-order valence-electron chi connectivity index (χ0n) is 53.5. The van der Waals surface area contributed by atoms with Crippen LogP contribution in [0.3, 0.4) is 0 Å². The number of amides is 1. The standard InChI is InChI=1S/C68H123NO18/c1-3-5-7-9-11-13-15-17-18-19-20-21-22-23-24-25-26-27-28-29-30-31-32-34-35-37-39-41-43-45-52(73)51(69-56(74)46-44-42-40-38-36-33-16-14-12-10-8-6-4-2)50-82-66-62(80)59(77)64(54(48-71)84-66)87-68-63(81)60(78)65(55(49-72)85-68)86-67-61(79)58(76)57(75)53(47-70)83-67/h14,16,30-31,35,37,43,45,51-55,57-68,70-73,75-81H,3-13,15,17-29,32-34,36,38-42,44,46-50H2,1-2H3,(H,69,74)/b16-14-,31-30+,37-35+,45-43+. The lowest BCUT2D eigenvalue weighted by atomic mass is 9.96. The van der Waals surface area contributed by atoms with Crippen molar-refractivity contribution in [3.8, 4) is 0 Å². The van der Waals surface area contributed by atoms with Gasteiger partial charge in [-0.15, -0.1) is 0 Å². The molecule has 3 aliphatic rings. The van der Waals surface area contributed by atoms with E-state index in [2.05, 4.69) is 55.6 Å². The largest absolute Gasteiger partial charge is 0.394 e. The van der Waals surface area contributed by atoms with Crippen LogP contribution in [0.2, 0.25) is 0 Å². The van der Waals surface area contributed by atoms with Gasteiger partial charge in [0.1, 0.15) is 73.2 Å². The summed E-state index contributed by atoms with van der Waals surface area (Å²) in [7, 11) is 0. The van der Waals surface area contributed by atoms with Crippen LogP contribution in [-0.2, 0) is 33.2 Å². The smallest absolute Gasteiger partial charge is 0.220 e. The van der Waals surface area contributed by atoms with Crippen molar-refractivity contribution in [1.82, 2.24) is 5.32 Å². The Kier molecular flexibility index (Phi) is 45.7. The summed E-state index contributed by atoms with van der Waals surface area (Å²) in [5.74, 6) is -0.299. The number of allylic oxidation sites excluding steroid dienone is 7. The molecule has 3 rings (SSSR count). The van der Waals surface area contributed by atoms with Crippen molar-refractivity contribution in [1.29, 1.82) is 0 Å². The third-order valence-corrected chi connectivity index (χ3v) is 17.1. The number of unbranched alkanes of at least 4 members (excludes halogenated alkanes) is 30. The fourth-order valence-electron chi connectivity index (χ4n) is 11.5. The Balaban J connectivity index is 1.43. The second-order valence-electron chi connectivity index (χ2n) is 24.6. The van der Waals surface area contributed by atoms with Crippen LogP contribution in [0.1, 0.15) is 245 Å². The molecule has 1 amide bonds. The van der Waals surface area contributed by atoms with Crippen LogP contribution in [0.4, 0.5) is 0 Å². The van der Waals surface area contributed by atoms with E-state index in [1.54, 1.807) is 6.08 Å². The van der Waals surface area contributed by atoms with Crippen LogP contribution in [0.5, 0.6) is 0 Å². The van der Waals surface area contributed by atoms with Crippen LogP contribution in [0, 0.1) is 0 Å². The highest BCUT2D eigenvalue weighted by molar-refractivity contribution is 5.76. The lowest BCUT2D eigenvalue weighted by Crippen LogP contribution is -2.66. The van der Waals surface area contributed by atoms with E-state index in [0.717, 1.165) is 64.2 Å². The predicted molar refractivity (Wildman–Crippen MR) is 337 cm³/mol. The lowest BCUT2D eigenvalue weighted by molar-refractivity contribution is -0.379. The van der Waals surface area contributed by atoms with Gasteiger partial charge in [-0.25, -0.2) is 0 Å². The minimum atomic E-state index is -1.98. The maximum Gasteiger partial charge on any atom is 0.220 e. The van der Waals surface area contributed by atoms with Crippen molar-refractivity contribution in [2.24, 2.45) is 0 Å². The SMILES string of the molecule is CCCCCC/C=C\CCCCCCCC(=O)NC(COC1OC(CO)C(OC2OC(CO)C(OC3OC(CO)C(O)C(O)C3O)C(O)C2O)C(O)C1O)C(O)/C=C/CC/C=C/CC/C=C/CCCCCCCCCCCCCCCCCCCCC. The number of rotatable bonds is 52. The minimum absolute atomic E-state index is 0.221. The maximum absolute atomic E-state index is 13.3. The first kappa shape index (κ1) is 79.0. The van der Waals surface area contributed by atoms with Crippen molar-refractivity contribution in [2.75, 3.05) is 26.4 Å². The zero-order chi connectivity index (χ0) is 63.3. The van der Waals surface area contributed by atoms with Gasteiger partial charge in [0.15, 0.2) is 18.9 Å². The Morgan fingerprint density at radius 3 is 1.16 bits per heavy atom.